The van der Waals surface area contributed by atoms with Crippen LogP contribution < -0.4 is 9.64 Å². The van der Waals surface area contributed by atoms with Gasteiger partial charge in [0.25, 0.3) is 0 Å². The molecule has 0 bridgehead atoms. The van der Waals surface area contributed by atoms with Crippen LogP contribution >= 0.6 is 11.6 Å². The lowest BCUT2D eigenvalue weighted by atomic mass is 9.95. The predicted molar refractivity (Wildman–Crippen MR) is 127 cm³/mol. The van der Waals surface area contributed by atoms with Gasteiger partial charge in [0.1, 0.15) is 17.9 Å². The average molecular weight is 478 g/mol. The Hall–Kier alpha value is -1.77. The summed E-state index contributed by atoms with van der Waals surface area (Å²) in [4.78, 5) is 18.5. The third-order valence-electron chi connectivity index (χ3n) is 7.49. The molecule has 2 aromatic rings. The molecular formula is C24H33ClFN5O2. The van der Waals surface area contributed by atoms with Gasteiger partial charge in [-0.3, -0.25) is 4.90 Å². The number of hydrogen-bond acceptors (Lipinski definition) is 7. The van der Waals surface area contributed by atoms with E-state index < -0.39 is 5.82 Å². The van der Waals surface area contributed by atoms with E-state index >= 15 is 4.39 Å². The maximum atomic E-state index is 15.1. The van der Waals surface area contributed by atoms with Crippen LogP contribution in [0.25, 0.3) is 10.9 Å². The smallest absolute Gasteiger partial charge is 0.319 e. The summed E-state index contributed by atoms with van der Waals surface area (Å²) in [5, 5.41) is 0.531. The van der Waals surface area contributed by atoms with Gasteiger partial charge in [-0.2, -0.15) is 9.97 Å². The van der Waals surface area contributed by atoms with Crippen LogP contribution in [0.5, 0.6) is 6.01 Å². The third kappa shape index (κ3) is 4.04. The van der Waals surface area contributed by atoms with Gasteiger partial charge >= 0.3 is 6.01 Å². The molecule has 1 atom stereocenters. The van der Waals surface area contributed by atoms with Crippen molar-refractivity contribution >= 4 is 28.3 Å². The summed E-state index contributed by atoms with van der Waals surface area (Å²) < 4.78 is 27.1. The van der Waals surface area contributed by atoms with Crippen molar-refractivity contribution in [3.63, 3.8) is 0 Å². The van der Waals surface area contributed by atoms with Crippen LogP contribution in [0, 0.1) is 5.82 Å². The molecule has 0 saturated carbocycles. The number of hydrogen-bond donors (Lipinski definition) is 0. The van der Waals surface area contributed by atoms with Crippen LogP contribution in [0.15, 0.2) is 0 Å². The lowest BCUT2D eigenvalue weighted by molar-refractivity contribution is 0.108. The SMILES string of the molecule is CC.Fc1c(Cl)nc2c3c(nc(OCC45CCCN4CCC5)nc13)N1CCCOCC1CC2. The van der Waals surface area contributed by atoms with Crippen molar-refractivity contribution in [3.05, 3.63) is 16.7 Å². The largest absolute Gasteiger partial charge is 0.461 e. The van der Waals surface area contributed by atoms with E-state index in [1.54, 1.807) is 0 Å². The number of nitrogens with zero attached hydrogens (tertiary/aromatic N) is 5. The molecule has 33 heavy (non-hydrogen) atoms. The molecular weight excluding hydrogens is 445 g/mol. The number of ether oxygens (including phenoxy) is 2. The Morgan fingerprint density at radius 3 is 2.70 bits per heavy atom. The summed E-state index contributed by atoms with van der Waals surface area (Å²) in [6.45, 7) is 8.95. The van der Waals surface area contributed by atoms with Gasteiger partial charge in [0.15, 0.2) is 11.0 Å². The van der Waals surface area contributed by atoms with Gasteiger partial charge in [-0.15, -0.1) is 0 Å². The molecule has 0 N–H and O–H groups in total. The van der Waals surface area contributed by atoms with Crippen molar-refractivity contribution in [2.75, 3.05) is 44.4 Å². The number of halogens is 2. The van der Waals surface area contributed by atoms with Crippen molar-refractivity contribution in [3.8, 4) is 6.01 Å². The topological polar surface area (TPSA) is 63.6 Å². The van der Waals surface area contributed by atoms with Crippen LogP contribution in [0.1, 0.15) is 58.1 Å². The molecule has 0 amide bonds. The number of rotatable bonds is 3. The Bertz CT molecular complexity index is 1010. The van der Waals surface area contributed by atoms with E-state index in [0.717, 1.165) is 57.6 Å². The number of aromatic nitrogens is 3. The highest BCUT2D eigenvalue weighted by Gasteiger charge is 2.45. The molecule has 0 spiro atoms. The molecule has 0 aliphatic carbocycles. The maximum Gasteiger partial charge on any atom is 0.319 e. The fourth-order valence-corrected chi connectivity index (χ4v) is 6.13. The average Bonchev–Trinajstić information content (AvgIpc) is 3.27. The summed E-state index contributed by atoms with van der Waals surface area (Å²) in [5.74, 6) is 0.109. The lowest BCUT2D eigenvalue weighted by Gasteiger charge is -2.32. The number of pyridine rings is 1. The second-order valence-electron chi connectivity index (χ2n) is 9.24. The Kier molecular flexibility index (Phi) is 6.60. The minimum atomic E-state index is -0.597. The van der Waals surface area contributed by atoms with Crippen LogP contribution in [0.2, 0.25) is 5.15 Å². The Balaban J connectivity index is 0.00000111. The van der Waals surface area contributed by atoms with Crippen LogP contribution in [-0.2, 0) is 11.2 Å². The molecule has 9 heteroatoms. The zero-order chi connectivity index (χ0) is 23.0. The van der Waals surface area contributed by atoms with Gasteiger partial charge in [0.05, 0.1) is 29.3 Å². The summed E-state index contributed by atoms with van der Waals surface area (Å²) >= 11 is 6.15. The molecule has 2 aromatic heterocycles. The highest BCUT2D eigenvalue weighted by molar-refractivity contribution is 6.30. The summed E-state index contributed by atoms with van der Waals surface area (Å²) in [7, 11) is 0. The van der Waals surface area contributed by atoms with E-state index in [1.165, 1.54) is 12.8 Å². The number of aryl methyl sites for hydroxylation is 1. The van der Waals surface area contributed by atoms with Gasteiger partial charge in [-0.1, -0.05) is 25.4 Å². The second kappa shape index (κ2) is 9.47. The first-order valence-electron chi connectivity index (χ1n) is 12.4. The molecule has 1 unspecified atom stereocenters. The van der Waals surface area contributed by atoms with Gasteiger partial charge < -0.3 is 14.4 Å². The zero-order valence-electron chi connectivity index (χ0n) is 19.6. The minimum absolute atomic E-state index is 0.0744. The fraction of sp³-hybridized carbons (Fsp3) is 0.708. The Morgan fingerprint density at radius 2 is 1.91 bits per heavy atom. The van der Waals surface area contributed by atoms with E-state index in [2.05, 4.69) is 19.8 Å². The van der Waals surface area contributed by atoms with Gasteiger partial charge in [-0.05, 0) is 58.0 Å². The van der Waals surface area contributed by atoms with E-state index in [-0.39, 0.29) is 28.3 Å². The standard InChI is InChI=1S/C22H27ClFN5O2.C2H6/c23-19-17(24)18-16-15(25-19)5-4-14-12-30-11-3-10-29(14)20(16)27-21(26-18)31-13-22-6-1-8-28(22)9-2-7-22;1-2/h14H,1-13H2;1-2H3. The van der Waals surface area contributed by atoms with E-state index in [9.17, 15) is 0 Å². The van der Waals surface area contributed by atoms with Crippen molar-refractivity contribution in [1.29, 1.82) is 0 Å². The van der Waals surface area contributed by atoms with Crippen LogP contribution in [0.4, 0.5) is 10.2 Å². The predicted octanol–water partition coefficient (Wildman–Crippen LogP) is 4.39. The van der Waals surface area contributed by atoms with E-state index in [4.69, 9.17) is 26.1 Å². The fourth-order valence-electron chi connectivity index (χ4n) is 5.94. The summed E-state index contributed by atoms with van der Waals surface area (Å²) in [5.41, 5.74) is 1.05. The van der Waals surface area contributed by atoms with Crippen LogP contribution in [0.3, 0.4) is 0 Å². The second-order valence-corrected chi connectivity index (χ2v) is 9.60. The van der Waals surface area contributed by atoms with Gasteiger partial charge in [0.2, 0.25) is 0 Å². The van der Waals surface area contributed by atoms with Crippen molar-refractivity contribution in [2.24, 2.45) is 0 Å². The first-order chi connectivity index (χ1) is 16.1. The first kappa shape index (κ1) is 23.0. The van der Waals surface area contributed by atoms with Crippen molar-refractivity contribution in [2.45, 2.75) is 70.4 Å². The van der Waals surface area contributed by atoms with Crippen molar-refractivity contribution < 1.29 is 13.9 Å². The monoisotopic (exact) mass is 477 g/mol. The Labute approximate surface area is 199 Å². The maximum absolute atomic E-state index is 15.1. The molecule has 3 saturated heterocycles. The van der Waals surface area contributed by atoms with E-state index in [1.807, 2.05) is 13.8 Å². The third-order valence-corrected chi connectivity index (χ3v) is 7.74. The zero-order valence-corrected chi connectivity index (χ0v) is 20.3. The molecule has 180 valence electrons. The molecule has 4 aliphatic heterocycles. The van der Waals surface area contributed by atoms with Crippen molar-refractivity contribution in [1.82, 2.24) is 19.9 Å². The quantitative estimate of drug-likeness (QED) is 0.607. The number of anilines is 1. The summed E-state index contributed by atoms with van der Waals surface area (Å²) in [6, 6.07) is 0.400. The molecule has 6 heterocycles. The highest BCUT2D eigenvalue weighted by atomic mass is 35.5. The van der Waals surface area contributed by atoms with Crippen LogP contribution in [-0.4, -0.2) is 70.9 Å². The summed E-state index contributed by atoms with van der Waals surface area (Å²) in [6.07, 6.45) is 7.10. The van der Waals surface area contributed by atoms with E-state index in [0.29, 0.717) is 30.8 Å². The molecule has 7 nitrogen and oxygen atoms in total. The molecule has 4 aliphatic rings. The highest BCUT2D eigenvalue weighted by Crippen LogP contribution is 2.40. The molecule has 0 aromatic carbocycles. The van der Waals surface area contributed by atoms with Gasteiger partial charge in [0, 0.05) is 13.2 Å². The molecule has 6 rings (SSSR count). The lowest BCUT2D eigenvalue weighted by Crippen LogP contribution is -2.43. The molecule has 3 fully saturated rings. The minimum Gasteiger partial charge on any atom is -0.461 e. The van der Waals surface area contributed by atoms with Gasteiger partial charge in [-0.25, -0.2) is 9.37 Å². The first-order valence-corrected chi connectivity index (χ1v) is 12.8. The number of fused-ring (bicyclic) bond motifs is 3. The Morgan fingerprint density at radius 1 is 1.12 bits per heavy atom. The molecule has 0 radical (unpaired) electrons. The normalized spacial score (nSPS) is 23.9.